The normalized spacial score (nSPS) is 19.2. The minimum absolute atomic E-state index is 0.397. The van der Waals surface area contributed by atoms with Gasteiger partial charge in [0.15, 0.2) is 0 Å². The van der Waals surface area contributed by atoms with Crippen LogP contribution >= 0.6 is 7.14 Å². The molecule has 56 valence electrons. The van der Waals surface area contributed by atoms with Crippen LogP contribution in [0.5, 0.6) is 0 Å². The third-order valence-electron chi connectivity index (χ3n) is 1.11. The lowest BCUT2D eigenvalue weighted by Gasteiger charge is -2.18. The maximum atomic E-state index is 11.0. The van der Waals surface area contributed by atoms with Gasteiger partial charge in [0.05, 0.1) is 0 Å². The molecule has 0 aliphatic rings. The smallest absolute Gasteiger partial charge is 0.121 e. The molecule has 0 aromatic rings. The Morgan fingerprint density at radius 1 is 1.56 bits per heavy atom. The molecule has 0 saturated carbocycles. The van der Waals surface area contributed by atoms with Gasteiger partial charge in [0.1, 0.15) is 13.0 Å². The molecule has 0 amide bonds. The number of hydrogen-bond donors (Lipinski definition) is 2. The molecule has 2 unspecified atom stereocenters. The van der Waals surface area contributed by atoms with Gasteiger partial charge in [0.2, 0.25) is 0 Å². The summed E-state index contributed by atoms with van der Waals surface area (Å²) in [5.74, 6) is -0.850. The molecule has 9 heavy (non-hydrogen) atoms. The summed E-state index contributed by atoms with van der Waals surface area (Å²) in [5, 5.41) is 9.07. The zero-order valence-electron chi connectivity index (χ0n) is 6.03. The van der Waals surface area contributed by atoms with Crippen molar-refractivity contribution in [3.63, 3.8) is 0 Å². The van der Waals surface area contributed by atoms with E-state index in [1.165, 1.54) is 13.3 Å². The van der Waals surface area contributed by atoms with Crippen molar-refractivity contribution in [2.45, 2.75) is 18.8 Å². The Morgan fingerprint density at radius 3 is 1.89 bits per heavy atom. The molecule has 4 heteroatoms. The van der Waals surface area contributed by atoms with Crippen LogP contribution in [0.15, 0.2) is 0 Å². The summed E-state index contributed by atoms with van der Waals surface area (Å²) < 4.78 is 11.0. The average molecular weight is 151 g/mol. The quantitative estimate of drug-likeness (QED) is 0.557. The first-order valence-corrected chi connectivity index (χ1v) is 5.51. The number of hydrogen-bond acceptors (Lipinski definition) is 3. The highest BCUT2D eigenvalue weighted by molar-refractivity contribution is 7.62. The van der Waals surface area contributed by atoms with Crippen LogP contribution in [0, 0.1) is 0 Å². The SMILES string of the molecule is CC(N)C(O)P(C)(C)=O. The van der Waals surface area contributed by atoms with E-state index in [-0.39, 0.29) is 0 Å². The largest absolute Gasteiger partial charge is 0.384 e. The Labute approximate surface area is 55.6 Å². The topological polar surface area (TPSA) is 63.3 Å². The van der Waals surface area contributed by atoms with Crippen molar-refractivity contribution in [2.75, 3.05) is 13.3 Å². The summed E-state index contributed by atoms with van der Waals surface area (Å²) in [5.41, 5.74) is 5.30. The Bertz CT molecular complexity index is 129. The van der Waals surface area contributed by atoms with Gasteiger partial charge < -0.3 is 15.4 Å². The molecule has 0 aromatic carbocycles. The van der Waals surface area contributed by atoms with E-state index < -0.39 is 19.0 Å². The van der Waals surface area contributed by atoms with Gasteiger partial charge >= 0.3 is 0 Å². The predicted octanol–water partition coefficient (Wildman–Crippen LogP) is 0.275. The van der Waals surface area contributed by atoms with Crippen LogP contribution in [0.4, 0.5) is 0 Å². The van der Waals surface area contributed by atoms with Gasteiger partial charge in [-0.2, -0.15) is 0 Å². The number of aliphatic hydroxyl groups is 1. The second-order valence-corrected chi connectivity index (χ2v) is 6.10. The molecule has 0 rings (SSSR count). The Hall–Kier alpha value is 0.150. The minimum atomic E-state index is -2.38. The number of aliphatic hydroxyl groups excluding tert-OH is 1. The van der Waals surface area contributed by atoms with Crippen molar-refractivity contribution in [1.82, 2.24) is 0 Å². The first-order chi connectivity index (χ1) is 3.85. The highest BCUT2D eigenvalue weighted by Gasteiger charge is 2.23. The molecule has 0 radical (unpaired) electrons. The molecule has 2 atom stereocenters. The second-order valence-electron chi connectivity index (χ2n) is 2.71. The molecular weight excluding hydrogens is 137 g/mol. The summed E-state index contributed by atoms with van der Waals surface area (Å²) in [6.45, 7) is 4.70. The molecule has 0 aromatic heterocycles. The van der Waals surface area contributed by atoms with Gasteiger partial charge in [-0.25, -0.2) is 0 Å². The standard InChI is InChI=1S/C5H14NO2P/c1-4(6)5(7)9(2,3)8/h4-5,7H,6H2,1-3H3. The zero-order valence-corrected chi connectivity index (χ0v) is 6.93. The minimum Gasteiger partial charge on any atom is -0.384 e. The fraction of sp³-hybridized carbons (Fsp3) is 1.00. The summed E-state index contributed by atoms with van der Waals surface area (Å²) in [6.07, 6.45) is 0. The first-order valence-electron chi connectivity index (χ1n) is 2.84. The summed E-state index contributed by atoms with van der Waals surface area (Å²) >= 11 is 0. The first kappa shape index (κ1) is 9.15. The van der Waals surface area contributed by atoms with Gasteiger partial charge in [0, 0.05) is 6.04 Å². The maximum absolute atomic E-state index is 11.0. The van der Waals surface area contributed by atoms with Crippen LogP contribution < -0.4 is 5.73 Å². The lowest BCUT2D eigenvalue weighted by Crippen LogP contribution is -2.30. The van der Waals surface area contributed by atoms with Crippen molar-refractivity contribution < 1.29 is 9.67 Å². The summed E-state index contributed by atoms with van der Waals surface area (Å²) in [6, 6.07) is -0.397. The van der Waals surface area contributed by atoms with Crippen LogP contribution in [0.2, 0.25) is 0 Å². The van der Waals surface area contributed by atoms with E-state index in [2.05, 4.69) is 0 Å². The lowest BCUT2D eigenvalue weighted by atomic mass is 10.4. The molecule has 0 fully saturated rings. The summed E-state index contributed by atoms with van der Waals surface area (Å²) in [7, 11) is -2.38. The average Bonchev–Trinajstić information content (AvgIpc) is 1.62. The van der Waals surface area contributed by atoms with E-state index >= 15 is 0 Å². The lowest BCUT2D eigenvalue weighted by molar-refractivity contribution is 0.224. The Kier molecular flexibility index (Phi) is 2.87. The molecule has 0 saturated heterocycles. The van der Waals surface area contributed by atoms with E-state index in [1.807, 2.05) is 0 Å². The molecule has 0 spiro atoms. The van der Waals surface area contributed by atoms with Crippen molar-refractivity contribution in [1.29, 1.82) is 0 Å². The van der Waals surface area contributed by atoms with Crippen LogP contribution in [0.25, 0.3) is 0 Å². The highest BCUT2D eigenvalue weighted by Crippen LogP contribution is 2.41. The number of rotatable bonds is 2. The molecule has 3 nitrogen and oxygen atoms in total. The fourth-order valence-corrected chi connectivity index (χ4v) is 1.70. The van der Waals surface area contributed by atoms with Crippen LogP contribution in [0.1, 0.15) is 6.92 Å². The Morgan fingerprint density at radius 2 is 1.89 bits per heavy atom. The third kappa shape index (κ3) is 2.99. The fourth-order valence-electron chi connectivity index (χ4n) is 0.566. The van der Waals surface area contributed by atoms with Crippen molar-refractivity contribution in [3.05, 3.63) is 0 Å². The maximum Gasteiger partial charge on any atom is 0.121 e. The van der Waals surface area contributed by atoms with Gasteiger partial charge in [-0.05, 0) is 20.3 Å². The molecule has 3 N–H and O–H groups in total. The van der Waals surface area contributed by atoms with Gasteiger partial charge in [-0.1, -0.05) is 0 Å². The third-order valence-corrected chi connectivity index (χ3v) is 2.85. The molecule has 0 aliphatic carbocycles. The molecule has 0 aliphatic heterocycles. The van der Waals surface area contributed by atoms with E-state index in [4.69, 9.17) is 10.8 Å². The molecular formula is C5H14NO2P. The predicted molar refractivity (Wildman–Crippen MR) is 39.1 cm³/mol. The summed E-state index contributed by atoms with van der Waals surface area (Å²) in [4.78, 5) is 0. The monoisotopic (exact) mass is 151 g/mol. The van der Waals surface area contributed by atoms with E-state index in [0.717, 1.165) is 0 Å². The highest BCUT2D eigenvalue weighted by atomic mass is 31.2. The van der Waals surface area contributed by atoms with E-state index in [0.29, 0.717) is 0 Å². The zero-order chi connectivity index (χ0) is 7.65. The van der Waals surface area contributed by atoms with Gasteiger partial charge in [-0.15, -0.1) is 0 Å². The van der Waals surface area contributed by atoms with Crippen LogP contribution in [-0.2, 0) is 4.57 Å². The van der Waals surface area contributed by atoms with Crippen molar-refractivity contribution in [2.24, 2.45) is 5.73 Å². The van der Waals surface area contributed by atoms with Crippen LogP contribution in [-0.4, -0.2) is 30.3 Å². The van der Waals surface area contributed by atoms with E-state index in [9.17, 15) is 4.57 Å². The van der Waals surface area contributed by atoms with Crippen molar-refractivity contribution in [3.8, 4) is 0 Å². The van der Waals surface area contributed by atoms with Crippen molar-refractivity contribution >= 4 is 7.14 Å². The van der Waals surface area contributed by atoms with Gasteiger partial charge in [-0.3, -0.25) is 0 Å². The van der Waals surface area contributed by atoms with Gasteiger partial charge in [0.25, 0.3) is 0 Å². The Balaban J connectivity index is 4.05. The number of nitrogens with two attached hydrogens (primary N) is 1. The second kappa shape index (κ2) is 2.82. The van der Waals surface area contributed by atoms with Crippen LogP contribution in [0.3, 0.4) is 0 Å². The molecule has 0 heterocycles. The molecule has 0 bridgehead atoms. The van der Waals surface area contributed by atoms with E-state index in [1.54, 1.807) is 6.92 Å².